The van der Waals surface area contributed by atoms with Crippen LogP contribution in [-0.2, 0) is 24.3 Å². The second-order valence-corrected chi connectivity index (χ2v) is 27.2. The average Bonchev–Trinajstić information content (AvgIpc) is 3.94. The summed E-state index contributed by atoms with van der Waals surface area (Å²) in [5, 5.41) is 41.3. The lowest BCUT2D eigenvalue weighted by Gasteiger charge is -2.33. The fourth-order valence-electron chi connectivity index (χ4n) is 5.57. The number of alkyl halides is 2. The Hall–Kier alpha value is -3.77. The summed E-state index contributed by atoms with van der Waals surface area (Å²) in [6.07, 6.45) is 11.7. The Bertz CT molecular complexity index is 2230. The minimum atomic E-state index is -1.85. The summed E-state index contributed by atoms with van der Waals surface area (Å²) in [4.78, 5) is 7.79. The average molecular weight is 885 g/mol. The molecule has 6 rings (SSSR count). The first-order valence-electron chi connectivity index (χ1n) is 17.4. The maximum Gasteiger partial charge on any atom is 0.145 e. The Balaban J connectivity index is 0.000000216. The number of hydrogen-bond donors (Lipinski definition) is 2. The lowest BCUT2D eigenvalue weighted by atomic mass is 9.86. The van der Waals surface area contributed by atoms with Crippen LogP contribution < -0.4 is 0 Å². The van der Waals surface area contributed by atoms with Crippen LogP contribution in [0.5, 0.6) is 0 Å². The van der Waals surface area contributed by atoms with Gasteiger partial charge in [-0.15, -0.1) is 17.5 Å². The maximum absolute atomic E-state index is 15.2. The third-order valence-electron chi connectivity index (χ3n) is 9.12. The van der Waals surface area contributed by atoms with Gasteiger partial charge in [0, 0.05) is 31.2 Å². The van der Waals surface area contributed by atoms with E-state index in [2.05, 4.69) is 82.2 Å². The molecule has 8 nitrogen and oxygen atoms in total. The van der Waals surface area contributed by atoms with Crippen molar-refractivity contribution in [3.63, 3.8) is 0 Å². The Morgan fingerprint density at radius 2 is 1.22 bits per heavy atom. The van der Waals surface area contributed by atoms with E-state index in [1.807, 2.05) is 12.1 Å². The Morgan fingerprint density at radius 1 is 0.800 bits per heavy atom. The number of halogens is 5. The molecule has 2 saturated carbocycles. The van der Waals surface area contributed by atoms with E-state index in [0.717, 1.165) is 10.0 Å². The second-order valence-electron chi connectivity index (χ2n) is 15.9. The maximum atomic E-state index is 15.2. The molecule has 15 heteroatoms. The van der Waals surface area contributed by atoms with Crippen molar-refractivity contribution in [3.8, 4) is 35.6 Å². The van der Waals surface area contributed by atoms with Crippen LogP contribution in [0.4, 0.5) is 8.78 Å². The highest BCUT2D eigenvalue weighted by Gasteiger charge is 2.62. The first-order chi connectivity index (χ1) is 25.5. The smallest absolute Gasteiger partial charge is 0.145 e. The second kappa shape index (κ2) is 16.8. The first-order valence-corrected chi connectivity index (χ1v) is 26.0. The van der Waals surface area contributed by atoms with E-state index >= 15 is 4.39 Å². The van der Waals surface area contributed by atoms with Crippen molar-refractivity contribution in [3.05, 3.63) is 104 Å². The van der Waals surface area contributed by atoms with Gasteiger partial charge >= 0.3 is 0 Å². The Labute approximate surface area is 342 Å². The fraction of sp³-hybridized carbons (Fsp3) is 0.400. The molecule has 2 aliphatic rings. The van der Waals surface area contributed by atoms with Crippen LogP contribution in [0.2, 0.25) is 49.3 Å². The van der Waals surface area contributed by atoms with Crippen molar-refractivity contribution in [2.75, 3.05) is 0 Å². The Morgan fingerprint density at radius 3 is 1.56 bits per heavy atom. The fourth-order valence-corrected chi connectivity index (χ4v) is 7.25. The lowest BCUT2D eigenvalue weighted by molar-refractivity contribution is -0.0697. The van der Waals surface area contributed by atoms with Crippen LogP contribution >= 0.6 is 39.1 Å². The molecular formula is C40H43BrCl2F2N6O2Si2. The van der Waals surface area contributed by atoms with Gasteiger partial charge in [-0.3, -0.25) is 0 Å². The number of benzene rings is 2. The van der Waals surface area contributed by atoms with Gasteiger partial charge in [-0.05, 0) is 49.9 Å². The third kappa shape index (κ3) is 10.6. The number of rotatable bonds is 8. The number of aromatic nitrogens is 4. The van der Waals surface area contributed by atoms with Crippen LogP contribution in [0.25, 0.3) is 0 Å². The molecule has 2 unspecified atom stereocenters. The quantitative estimate of drug-likeness (QED) is 0.135. The molecule has 0 spiro atoms. The van der Waals surface area contributed by atoms with Gasteiger partial charge in [0.15, 0.2) is 0 Å². The van der Waals surface area contributed by atoms with E-state index in [-0.39, 0.29) is 60.2 Å². The number of nitrogens with zero attached hydrogens (tertiary/aromatic N) is 6. The van der Waals surface area contributed by atoms with Crippen molar-refractivity contribution < 1.29 is 19.0 Å². The highest BCUT2D eigenvalue weighted by Crippen LogP contribution is 2.56. The van der Waals surface area contributed by atoms with Crippen molar-refractivity contribution in [1.29, 1.82) is 10.5 Å². The minimum Gasteiger partial charge on any atom is -0.380 e. The molecule has 0 bridgehead atoms. The van der Waals surface area contributed by atoms with Gasteiger partial charge in [-0.1, -0.05) is 96.5 Å². The molecule has 2 aliphatic carbocycles. The van der Waals surface area contributed by atoms with Gasteiger partial charge in [0.05, 0.1) is 38.1 Å². The molecule has 0 radical (unpaired) electrons. The molecular weight excluding hydrogens is 841 g/mol. The number of aliphatic hydroxyl groups is 2. The van der Waals surface area contributed by atoms with Crippen molar-refractivity contribution in [1.82, 2.24) is 19.1 Å². The molecule has 288 valence electrons. The molecule has 0 aliphatic heterocycles. The summed E-state index contributed by atoms with van der Waals surface area (Å²) in [6, 6.07) is 14.0. The number of imidazole rings is 2. The van der Waals surface area contributed by atoms with Crippen molar-refractivity contribution in [2.45, 2.75) is 101 Å². The van der Waals surface area contributed by atoms with E-state index in [1.165, 1.54) is 34.2 Å². The summed E-state index contributed by atoms with van der Waals surface area (Å²) < 4.78 is 33.7. The molecule has 2 aromatic heterocycles. The van der Waals surface area contributed by atoms with Crippen molar-refractivity contribution in [2.24, 2.45) is 0 Å². The third-order valence-corrected chi connectivity index (χ3v) is 12.0. The lowest BCUT2D eigenvalue weighted by Crippen LogP contribution is -2.43. The molecule has 0 saturated heterocycles. The van der Waals surface area contributed by atoms with Gasteiger partial charge in [0.1, 0.15) is 62.2 Å². The molecule has 55 heavy (non-hydrogen) atoms. The molecule has 2 fully saturated rings. The SMILES string of the molecule is C#C[Si](C)(C)C.C[Si](C)(C)C#Cc1ccc(C(O)(Cn2cncc2C#N)C2(F)CC2)c(Cl)c1.N#Cc1cncn1CC(O)(c1ccc(Br)cc1Cl)C1(F)CC1. The summed E-state index contributed by atoms with van der Waals surface area (Å²) in [6.45, 7) is 12.6. The standard InChI is InChI=1S/C20H21ClFN3OSi.C15H12BrClFN3O.C5H10Si/c1-27(2,3)9-6-15-4-5-17(18(21)10-15)20(26,19(22)7-8-19)13-25-14-24-12-16(25)11-23;16-10-1-2-12(13(17)5-10)15(22,14(18)3-4-14)8-21-9-20-7-11(21)6-19;1-5-6(2,3)4/h4-5,10,12,14,26H,7-8,13H2,1-3H3;1-2,5,7,9,22H,3-4,8H2;1H,2-4H3. The van der Waals surface area contributed by atoms with Crippen LogP contribution in [-0.4, -0.2) is 56.8 Å². The molecule has 2 N–H and O–H groups in total. The molecule has 0 amide bonds. The number of nitriles is 2. The van der Waals surface area contributed by atoms with Gasteiger partial charge in [-0.2, -0.15) is 10.5 Å². The van der Waals surface area contributed by atoms with Gasteiger partial charge in [0.2, 0.25) is 0 Å². The monoisotopic (exact) mass is 882 g/mol. The summed E-state index contributed by atoms with van der Waals surface area (Å²) in [5.41, 5.74) is 0.695. The highest BCUT2D eigenvalue weighted by atomic mass is 79.9. The number of terminal acetylenes is 1. The molecule has 2 aromatic carbocycles. The Kier molecular flexibility index (Phi) is 13.4. The normalized spacial score (nSPS) is 17.1. The molecule has 2 heterocycles. The van der Waals surface area contributed by atoms with E-state index in [0.29, 0.717) is 11.1 Å². The van der Waals surface area contributed by atoms with Crippen molar-refractivity contribution >= 4 is 55.3 Å². The summed E-state index contributed by atoms with van der Waals surface area (Å²) in [5.74, 6) is 3.12. The van der Waals surface area contributed by atoms with Gasteiger partial charge in [0.25, 0.3) is 0 Å². The summed E-state index contributed by atoms with van der Waals surface area (Å²) >= 11 is 15.9. The predicted molar refractivity (Wildman–Crippen MR) is 221 cm³/mol. The first kappa shape index (κ1) is 44.0. The zero-order chi connectivity index (χ0) is 41.0. The van der Waals surface area contributed by atoms with E-state index in [4.69, 9.17) is 34.9 Å². The largest absolute Gasteiger partial charge is 0.380 e. The molecule has 2 atom stereocenters. The number of hydrogen-bond acceptors (Lipinski definition) is 6. The van der Waals surface area contributed by atoms with Crippen LogP contribution in [0.15, 0.2) is 65.9 Å². The van der Waals surface area contributed by atoms with Crippen LogP contribution in [0, 0.1) is 46.1 Å². The van der Waals surface area contributed by atoms with Gasteiger partial charge < -0.3 is 19.3 Å². The zero-order valence-electron chi connectivity index (χ0n) is 31.6. The van der Waals surface area contributed by atoms with E-state index in [1.54, 1.807) is 36.4 Å². The molecule has 4 aromatic rings. The minimum absolute atomic E-state index is 0.117. The highest BCUT2D eigenvalue weighted by molar-refractivity contribution is 9.10. The zero-order valence-corrected chi connectivity index (χ0v) is 36.7. The van der Waals surface area contributed by atoms with Crippen LogP contribution in [0.1, 0.15) is 53.8 Å². The van der Waals surface area contributed by atoms with Gasteiger partial charge in [-0.25, -0.2) is 18.7 Å². The topological polar surface area (TPSA) is 124 Å². The van der Waals surface area contributed by atoms with E-state index < -0.39 is 38.7 Å². The summed E-state index contributed by atoms with van der Waals surface area (Å²) in [7, 11) is -2.64. The van der Waals surface area contributed by atoms with Crippen LogP contribution in [0.3, 0.4) is 0 Å². The van der Waals surface area contributed by atoms with E-state index in [9.17, 15) is 19.9 Å². The predicted octanol–water partition coefficient (Wildman–Crippen LogP) is 9.08.